The van der Waals surface area contributed by atoms with Crippen LogP contribution in [0.1, 0.15) is 63.3 Å². The van der Waals surface area contributed by atoms with Crippen molar-refractivity contribution in [3.63, 3.8) is 0 Å². The Morgan fingerprint density at radius 3 is 2.27 bits per heavy atom. The summed E-state index contributed by atoms with van der Waals surface area (Å²) in [5.74, 6) is 1.27. The van der Waals surface area contributed by atoms with Crippen molar-refractivity contribution < 1.29 is 5.94 Å². The van der Waals surface area contributed by atoms with Gasteiger partial charge in [0.25, 0.3) is 0 Å². The molecule has 0 aliphatic heterocycles. The van der Waals surface area contributed by atoms with Gasteiger partial charge in [0.1, 0.15) is 7.05 Å². The van der Waals surface area contributed by atoms with Crippen LogP contribution < -0.4 is 4.57 Å². The summed E-state index contributed by atoms with van der Waals surface area (Å²) in [4.78, 5) is 0. The Bertz CT molecular complexity index is 1060. The lowest BCUT2D eigenvalue weighted by Crippen LogP contribution is -2.30. The number of hydrogen-bond acceptors (Lipinski definition) is 0. The summed E-state index contributed by atoms with van der Waals surface area (Å²) in [6.07, 6.45) is 11.1. The van der Waals surface area contributed by atoms with Crippen molar-refractivity contribution >= 4 is 0 Å². The minimum atomic E-state index is -0.384. The minimum Gasteiger partial charge on any atom is -0.200 e. The normalized spacial score (nSPS) is 24.9. The van der Waals surface area contributed by atoms with Gasteiger partial charge in [-0.15, -0.1) is 0 Å². The summed E-state index contributed by atoms with van der Waals surface area (Å²) in [6, 6.07) is 21.9. The lowest BCUT2D eigenvalue weighted by molar-refractivity contribution is -0.659. The van der Waals surface area contributed by atoms with Gasteiger partial charge in [-0.2, -0.15) is 0 Å². The lowest BCUT2D eigenvalue weighted by Gasteiger charge is -2.18. The highest BCUT2D eigenvalue weighted by atomic mass is 14.9. The van der Waals surface area contributed by atoms with E-state index >= 15 is 0 Å². The maximum absolute atomic E-state index is 9.16. The van der Waals surface area contributed by atoms with Crippen LogP contribution in [0.15, 0.2) is 66.9 Å². The molecule has 2 unspecified atom stereocenters. The molecular weight excluding hydrogens is 362 g/mol. The molecule has 1 heteroatoms. The van der Waals surface area contributed by atoms with Gasteiger partial charge in [-0.3, -0.25) is 0 Å². The molecule has 0 spiro atoms. The first-order valence-corrected chi connectivity index (χ1v) is 11.7. The third-order valence-electron chi connectivity index (χ3n) is 7.57. The zero-order valence-electron chi connectivity index (χ0n) is 19.4. The van der Waals surface area contributed by atoms with E-state index in [1.54, 1.807) is 0 Å². The Labute approximate surface area is 183 Å². The SMILES string of the molecule is [2H]C1(c2ccc(-c3ccc(-c4ccccc4C)[n+](C)c3)cc2)CCC(C2CCCC2)C1. The highest BCUT2D eigenvalue weighted by Crippen LogP contribution is 2.46. The zero-order valence-corrected chi connectivity index (χ0v) is 18.4. The minimum absolute atomic E-state index is 0.384. The number of nitrogens with zero attached hydrogens (tertiary/aromatic N) is 1. The molecule has 2 aromatic carbocycles. The maximum atomic E-state index is 9.16. The summed E-state index contributed by atoms with van der Waals surface area (Å²) in [6.45, 7) is 2.17. The van der Waals surface area contributed by atoms with Crippen molar-refractivity contribution in [1.82, 2.24) is 0 Å². The van der Waals surface area contributed by atoms with E-state index < -0.39 is 0 Å². The van der Waals surface area contributed by atoms with E-state index in [4.69, 9.17) is 1.37 Å². The topological polar surface area (TPSA) is 3.88 Å². The van der Waals surface area contributed by atoms with Crippen LogP contribution in [0, 0.1) is 18.8 Å². The monoisotopic (exact) mass is 397 g/mol. The first-order valence-electron chi connectivity index (χ1n) is 12.2. The van der Waals surface area contributed by atoms with Crippen LogP contribution in [-0.4, -0.2) is 0 Å². The molecule has 2 aliphatic rings. The molecule has 1 aromatic heterocycles. The third-order valence-corrected chi connectivity index (χ3v) is 7.57. The van der Waals surface area contributed by atoms with E-state index in [0.717, 1.165) is 24.7 Å². The van der Waals surface area contributed by atoms with Crippen LogP contribution in [0.5, 0.6) is 0 Å². The van der Waals surface area contributed by atoms with Gasteiger partial charge in [0, 0.05) is 18.6 Å². The van der Waals surface area contributed by atoms with Gasteiger partial charge < -0.3 is 0 Å². The highest BCUT2D eigenvalue weighted by Gasteiger charge is 2.32. The average Bonchev–Trinajstić information content (AvgIpc) is 3.45. The van der Waals surface area contributed by atoms with E-state index in [1.807, 2.05) is 0 Å². The molecule has 3 aromatic rings. The molecule has 1 heterocycles. The van der Waals surface area contributed by atoms with Crippen molar-refractivity contribution in [3.05, 3.63) is 78.0 Å². The van der Waals surface area contributed by atoms with Crippen molar-refractivity contribution in [2.24, 2.45) is 18.9 Å². The Balaban J connectivity index is 1.35. The summed E-state index contributed by atoms with van der Waals surface area (Å²) < 4.78 is 11.4. The van der Waals surface area contributed by atoms with Gasteiger partial charge in [-0.1, -0.05) is 68.1 Å². The predicted molar refractivity (Wildman–Crippen MR) is 125 cm³/mol. The molecule has 0 radical (unpaired) electrons. The fraction of sp³-hybridized carbons (Fsp3) is 0.414. The Kier molecular flexibility index (Phi) is 5.13. The van der Waals surface area contributed by atoms with Gasteiger partial charge in [-0.05, 0) is 72.7 Å². The largest absolute Gasteiger partial charge is 0.212 e. The van der Waals surface area contributed by atoms with Crippen LogP contribution >= 0.6 is 0 Å². The van der Waals surface area contributed by atoms with Gasteiger partial charge in [0.15, 0.2) is 6.20 Å². The van der Waals surface area contributed by atoms with Crippen molar-refractivity contribution in [2.45, 2.75) is 57.8 Å². The highest BCUT2D eigenvalue weighted by molar-refractivity contribution is 5.66. The number of hydrogen-bond donors (Lipinski definition) is 0. The molecule has 0 amide bonds. The van der Waals surface area contributed by atoms with Crippen LogP contribution in [-0.2, 0) is 7.05 Å². The molecule has 5 rings (SSSR count). The molecule has 0 saturated heterocycles. The summed E-state index contributed by atoms with van der Waals surface area (Å²) in [5, 5.41) is 0. The second-order valence-corrected chi connectivity index (χ2v) is 9.46. The lowest BCUT2D eigenvalue weighted by atomic mass is 9.87. The van der Waals surface area contributed by atoms with E-state index in [0.29, 0.717) is 0 Å². The molecule has 2 atom stereocenters. The zero-order chi connectivity index (χ0) is 21.4. The number of pyridine rings is 1. The number of benzene rings is 2. The summed E-state index contributed by atoms with van der Waals surface area (Å²) >= 11 is 0. The number of aromatic nitrogens is 1. The van der Waals surface area contributed by atoms with E-state index in [1.165, 1.54) is 65.6 Å². The Morgan fingerprint density at radius 1 is 0.800 bits per heavy atom. The Morgan fingerprint density at radius 2 is 1.53 bits per heavy atom. The molecule has 30 heavy (non-hydrogen) atoms. The fourth-order valence-corrected chi connectivity index (χ4v) is 5.79. The van der Waals surface area contributed by atoms with Crippen LogP contribution in [0.2, 0.25) is 0 Å². The van der Waals surface area contributed by atoms with Gasteiger partial charge in [0.2, 0.25) is 5.69 Å². The smallest absolute Gasteiger partial charge is 0.200 e. The second-order valence-electron chi connectivity index (χ2n) is 9.46. The van der Waals surface area contributed by atoms with Crippen LogP contribution in [0.3, 0.4) is 0 Å². The molecule has 1 nitrogen and oxygen atoms in total. The van der Waals surface area contributed by atoms with Gasteiger partial charge in [0.05, 0.1) is 0 Å². The van der Waals surface area contributed by atoms with E-state index in [9.17, 15) is 0 Å². The summed E-state index contributed by atoms with van der Waals surface area (Å²) in [7, 11) is 2.13. The fourth-order valence-electron chi connectivity index (χ4n) is 5.79. The first-order chi connectivity index (χ1) is 15.0. The van der Waals surface area contributed by atoms with Crippen LogP contribution in [0.25, 0.3) is 22.4 Å². The molecule has 0 bridgehead atoms. The average molecular weight is 398 g/mol. The van der Waals surface area contributed by atoms with Gasteiger partial charge in [-0.25, -0.2) is 4.57 Å². The second kappa shape index (κ2) is 8.38. The molecule has 2 fully saturated rings. The predicted octanol–water partition coefficient (Wildman–Crippen LogP) is 7.23. The van der Waals surface area contributed by atoms with Crippen LogP contribution in [0.4, 0.5) is 0 Å². The molecule has 2 aliphatic carbocycles. The molecule has 2 saturated carbocycles. The molecule has 154 valence electrons. The maximum Gasteiger partial charge on any atom is 0.212 e. The van der Waals surface area contributed by atoms with E-state index in [-0.39, 0.29) is 5.89 Å². The van der Waals surface area contributed by atoms with Crippen molar-refractivity contribution in [2.75, 3.05) is 0 Å². The van der Waals surface area contributed by atoms with E-state index in [2.05, 4.69) is 85.4 Å². The molecule has 0 N–H and O–H groups in total. The first kappa shape index (κ1) is 18.4. The number of aryl methyl sites for hydroxylation is 2. The third kappa shape index (κ3) is 3.83. The molecular formula is C29H34N+. The summed E-state index contributed by atoms with van der Waals surface area (Å²) in [5.41, 5.74) is 7.46. The quantitative estimate of drug-likeness (QED) is 0.409. The van der Waals surface area contributed by atoms with Crippen molar-refractivity contribution in [3.8, 4) is 22.4 Å². The number of rotatable bonds is 4. The van der Waals surface area contributed by atoms with Crippen molar-refractivity contribution in [1.29, 1.82) is 0 Å². The Hall–Kier alpha value is -2.41. The van der Waals surface area contributed by atoms with Gasteiger partial charge >= 0.3 is 0 Å². The standard InChI is InChI=1S/C29H34N/c1-21-7-3-6-10-28(21)29-18-17-27(20-30(29)2)24-13-11-23(12-14-24)26-16-15-25(19-26)22-8-4-5-9-22/h3,6-7,10-14,17-18,20,22,25-26H,4-5,8-9,15-16,19H2,1-2H3/q+1/i26D.